The van der Waals surface area contributed by atoms with Gasteiger partial charge in [-0.05, 0) is 18.2 Å². The normalized spacial score (nSPS) is 19.6. The molecule has 92 valence electrons. The second-order valence-corrected chi connectivity index (χ2v) is 4.29. The van der Waals surface area contributed by atoms with Crippen molar-refractivity contribution in [3.8, 4) is 0 Å². The summed E-state index contributed by atoms with van der Waals surface area (Å²) in [6.07, 6.45) is -0.787. The quantitative estimate of drug-likeness (QED) is 0.899. The average Bonchev–Trinajstić information content (AvgIpc) is 2.65. The van der Waals surface area contributed by atoms with Crippen LogP contribution in [0, 0.1) is 5.82 Å². The number of cyclic esters (lactones) is 1. The molecule has 6 heteroatoms. The van der Waals surface area contributed by atoms with Crippen molar-refractivity contribution in [2.24, 2.45) is 5.73 Å². The number of rotatable bonds is 3. The number of hydrogen-bond acceptors (Lipinski definition) is 3. The molecule has 1 atom stereocenters. The zero-order valence-electron chi connectivity index (χ0n) is 9.03. The van der Waals surface area contributed by atoms with Crippen LogP contribution in [-0.4, -0.2) is 30.2 Å². The molecule has 1 aliphatic heterocycles. The molecule has 1 heterocycles. The minimum Gasteiger partial charge on any atom is -0.443 e. The lowest BCUT2D eigenvalue weighted by Gasteiger charge is -2.13. The molecule has 0 spiro atoms. The Kier molecular flexibility index (Phi) is 3.49. The molecule has 1 aromatic carbocycles. The van der Waals surface area contributed by atoms with E-state index in [9.17, 15) is 9.18 Å². The van der Waals surface area contributed by atoms with Crippen LogP contribution in [0.5, 0.6) is 0 Å². The van der Waals surface area contributed by atoms with Gasteiger partial charge in [0.15, 0.2) is 0 Å². The number of nitrogens with two attached hydrogens (primary N) is 1. The van der Waals surface area contributed by atoms with E-state index in [1.54, 1.807) is 0 Å². The molecule has 0 bridgehead atoms. The largest absolute Gasteiger partial charge is 0.443 e. The van der Waals surface area contributed by atoms with Crippen molar-refractivity contribution in [3.05, 3.63) is 34.6 Å². The molecule has 1 unspecified atom stereocenters. The van der Waals surface area contributed by atoms with Crippen LogP contribution in [0.25, 0.3) is 0 Å². The summed E-state index contributed by atoms with van der Waals surface area (Å²) in [5.74, 6) is -0.390. The summed E-state index contributed by atoms with van der Waals surface area (Å²) in [4.78, 5) is 12.8. The fraction of sp³-hybridized carbons (Fsp3) is 0.364. The number of carbonyl (C=O) groups excluding carboxylic acids is 1. The van der Waals surface area contributed by atoms with E-state index in [2.05, 4.69) is 0 Å². The van der Waals surface area contributed by atoms with Gasteiger partial charge in [-0.2, -0.15) is 0 Å². The number of ether oxygens (including phenoxy) is 1. The van der Waals surface area contributed by atoms with Crippen molar-refractivity contribution in [1.82, 2.24) is 4.90 Å². The molecule has 1 fully saturated rings. The Bertz CT molecular complexity index is 441. The van der Waals surface area contributed by atoms with E-state index in [0.717, 1.165) is 0 Å². The van der Waals surface area contributed by atoms with E-state index in [0.29, 0.717) is 17.1 Å². The van der Waals surface area contributed by atoms with Crippen molar-refractivity contribution in [2.75, 3.05) is 13.1 Å². The molecule has 17 heavy (non-hydrogen) atoms. The summed E-state index contributed by atoms with van der Waals surface area (Å²) in [7, 11) is 0. The first-order valence-corrected chi connectivity index (χ1v) is 5.57. The highest BCUT2D eigenvalue weighted by atomic mass is 35.5. The van der Waals surface area contributed by atoms with Gasteiger partial charge in [0.1, 0.15) is 11.9 Å². The standard InChI is InChI=1S/C11H12ClFN2O2/c12-8-1-2-10(13)7(3-8)5-15-6-9(4-14)17-11(15)16/h1-3,9H,4-6,14H2. The zero-order chi connectivity index (χ0) is 12.4. The lowest BCUT2D eigenvalue weighted by molar-refractivity contribution is 0.134. The van der Waals surface area contributed by atoms with Crippen LogP contribution in [0.15, 0.2) is 18.2 Å². The highest BCUT2D eigenvalue weighted by molar-refractivity contribution is 6.30. The van der Waals surface area contributed by atoms with Gasteiger partial charge in [0.25, 0.3) is 0 Å². The van der Waals surface area contributed by atoms with E-state index < -0.39 is 11.9 Å². The third-order valence-corrected chi connectivity index (χ3v) is 2.82. The summed E-state index contributed by atoms with van der Waals surface area (Å²) in [5.41, 5.74) is 5.77. The summed E-state index contributed by atoms with van der Waals surface area (Å²) >= 11 is 5.77. The van der Waals surface area contributed by atoms with Gasteiger partial charge >= 0.3 is 6.09 Å². The van der Waals surface area contributed by atoms with Crippen molar-refractivity contribution in [2.45, 2.75) is 12.6 Å². The minimum absolute atomic E-state index is 0.141. The van der Waals surface area contributed by atoms with Crippen LogP contribution in [0.3, 0.4) is 0 Å². The number of benzene rings is 1. The molecule has 0 aromatic heterocycles. The average molecular weight is 259 g/mol. The first-order valence-electron chi connectivity index (χ1n) is 5.19. The summed E-state index contributed by atoms with van der Waals surface area (Å²) in [6.45, 7) is 0.781. The van der Waals surface area contributed by atoms with Crippen LogP contribution in [0.4, 0.5) is 9.18 Å². The predicted molar refractivity (Wildman–Crippen MR) is 61.1 cm³/mol. The van der Waals surface area contributed by atoms with Crippen molar-refractivity contribution in [1.29, 1.82) is 0 Å². The van der Waals surface area contributed by atoms with Crippen molar-refractivity contribution >= 4 is 17.7 Å². The maximum Gasteiger partial charge on any atom is 0.410 e. The molecule has 2 rings (SSSR count). The summed E-state index contributed by atoms with van der Waals surface area (Å²) in [5, 5.41) is 0.435. The van der Waals surface area contributed by atoms with Crippen LogP contribution >= 0.6 is 11.6 Å². The lowest BCUT2D eigenvalue weighted by atomic mass is 10.2. The molecule has 1 amide bonds. The van der Waals surface area contributed by atoms with Crippen molar-refractivity contribution < 1.29 is 13.9 Å². The van der Waals surface area contributed by atoms with Gasteiger partial charge in [-0.1, -0.05) is 11.6 Å². The topological polar surface area (TPSA) is 55.6 Å². The first-order chi connectivity index (χ1) is 8.10. The number of halogens is 2. The van der Waals surface area contributed by atoms with Gasteiger partial charge in [0.05, 0.1) is 13.1 Å². The Morgan fingerprint density at radius 2 is 2.35 bits per heavy atom. The molecule has 1 aromatic rings. The first kappa shape index (κ1) is 12.1. The predicted octanol–water partition coefficient (Wildman–Crippen LogP) is 1.76. The van der Waals surface area contributed by atoms with Gasteiger partial charge in [-0.15, -0.1) is 0 Å². The molecule has 1 saturated heterocycles. The zero-order valence-corrected chi connectivity index (χ0v) is 9.78. The molecule has 1 aliphatic rings. The van der Waals surface area contributed by atoms with Crippen LogP contribution < -0.4 is 5.73 Å². The molecular formula is C11H12ClFN2O2. The number of nitrogens with zero attached hydrogens (tertiary/aromatic N) is 1. The maximum absolute atomic E-state index is 13.5. The Morgan fingerprint density at radius 3 is 3.00 bits per heavy atom. The van der Waals surface area contributed by atoms with E-state index >= 15 is 0 Å². The van der Waals surface area contributed by atoms with Crippen molar-refractivity contribution in [3.63, 3.8) is 0 Å². The Balaban J connectivity index is 2.11. The van der Waals surface area contributed by atoms with Gasteiger partial charge in [-0.25, -0.2) is 9.18 Å². The lowest BCUT2D eigenvalue weighted by Crippen LogP contribution is -2.27. The third kappa shape index (κ3) is 2.68. The molecule has 2 N–H and O–H groups in total. The van der Waals surface area contributed by atoms with Crippen LogP contribution in [0.1, 0.15) is 5.56 Å². The summed E-state index contributed by atoms with van der Waals surface area (Å²) < 4.78 is 18.4. The fourth-order valence-electron chi connectivity index (χ4n) is 1.70. The second-order valence-electron chi connectivity index (χ2n) is 3.86. The third-order valence-electron chi connectivity index (χ3n) is 2.58. The SMILES string of the molecule is NCC1CN(Cc2cc(Cl)ccc2F)C(=O)O1. The van der Waals surface area contributed by atoms with Gasteiger partial charge in [0.2, 0.25) is 0 Å². The monoisotopic (exact) mass is 258 g/mol. The number of hydrogen-bond donors (Lipinski definition) is 1. The summed E-state index contributed by atoms with van der Waals surface area (Å²) in [6, 6.07) is 4.24. The van der Waals surface area contributed by atoms with E-state index in [1.165, 1.54) is 23.1 Å². The van der Waals surface area contributed by atoms with E-state index in [-0.39, 0.29) is 19.2 Å². The maximum atomic E-state index is 13.5. The molecule has 4 nitrogen and oxygen atoms in total. The van der Waals surface area contributed by atoms with E-state index in [4.69, 9.17) is 22.1 Å². The van der Waals surface area contributed by atoms with Gasteiger partial charge in [0, 0.05) is 17.1 Å². The highest BCUT2D eigenvalue weighted by Gasteiger charge is 2.30. The fourth-order valence-corrected chi connectivity index (χ4v) is 1.89. The van der Waals surface area contributed by atoms with Crippen LogP contribution in [-0.2, 0) is 11.3 Å². The Labute approximate surface area is 103 Å². The van der Waals surface area contributed by atoms with Gasteiger partial charge in [-0.3, -0.25) is 0 Å². The van der Waals surface area contributed by atoms with Crippen LogP contribution in [0.2, 0.25) is 5.02 Å². The molecule has 0 aliphatic carbocycles. The second kappa shape index (κ2) is 4.89. The minimum atomic E-state index is -0.472. The smallest absolute Gasteiger partial charge is 0.410 e. The van der Waals surface area contributed by atoms with E-state index in [1.807, 2.05) is 0 Å². The number of amides is 1. The van der Waals surface area contributed by atoms with Gasteiger partial charge < -0.3 is 15.4 Å². The molecular weight excluding hydrogens is 247 g/mol. The highest BCUT2D eigenvalue weighted by Crippen LogP contribution is 2.19. The number of carbonyl (C=O) groups is 1. The molecule has 0 saturated carbocycles. The molecule has 0 radical (unpaired) electrons. The Hall–Kier alpha value is -1.33. The Morgan fingerprint density at radius 1 is 1.59 bits per heavy atom.